The fourth-order valence-electron chi connectivity index (χ4n) is 3.06. The Morgan fingerprint density at radius 3 is 2.88 bits per heavy atom. The van der Waals surface area contributed by atoms with E-state index in [1.54, 1.807) is 0 Å². The Balaban J connectivity index is 1.50. The van der Waals surface area contributed by atoms with Crippen molar-refractivity contribution < 1.29 is 0 Å². The Kier molecular flexibility index (Phi) is 5.98. The molecule has 138 valence electrons. The van der Waals surface area contributed by atoms with Crippen molar-refractivity contribution in [1.82, 2.24) is 24.3 Å². The largest absolute Gasteiger partial charge is 0.356 e. The highest BCUT2D eigenvalue weighted by Gasteiger charge is 2.09. The highest BCUT2D eigenvalue weighted by Crippen LogP contribution is 2.15. The van der Waals surface area contributed by atoms with Gasteiger partial charge in [0.2, 0.25) is 0 Å². The van der Waals surface area contributed by atoms with E-state index in [0.717, 1.165) is 42.0 Å². The molecule has 0 aliphatic heterocycles. The summed E-state index contributed by atoms with van der Waals surface area (Å²) in [6.45, 7) is 2.59. The van der Waals surface area contributed by atoms with Crippen LogP contribution in [0.4, 0.5) is 0 Å². The lowest BCUT2D eigenvalue weighted by Gasteiger charge is -2.22. The number of imidazole rings is 1. The lowest BCUT2D eigenvalue weighted by Crippen LogP contribution is -2.39. The molecule has 0 amide bonds. The number of para-hydroxylation sites is 2. The summed E-state index contributed by atoms with van der Waals surface area (Å²) in [5.74, 6) is 0.901. The van der Waals surface area contributed by atoms with Crippen LogP contribution < -0.4 is 5.32 Å². The first-order chi connectivity index (χ1) is 12.6. The maximum absolute atomic E-state index is 4.44. The zero-order valence-corrected chi connectivity index (χ0v) is 17.1. The quantitative estimate of drug-likeness (QED) is 0.381. The molecular weight excluding hydrogens is 392 g/mol. The summed E-state index contributed by atoms with van der Waals surface area (Å²) in [5, 5.41) is 3.45. The standard InChI is InChI=1S/C19H25BrN6/c1-21-19(25(3)13-16-11-15(20)12-24(16)2)22-9-6-10-26-14-23-17-7-4-5-8-18(17)26/h4-5,7-8,11-12,14H,6,9-10,13H2,1-3H3,(H,21,22). The van der Waals surface area contributed by atoms with E-state index in [9.17, 15) is 0 Å². The van der Waals surface area contributed by atoms with Crippen molar-refractivity contribution in [3.63, 3.8) is 0 Å². The van der Waals surface area contributed by atoms with Crippen LogP contribution in [0.15, 0.2) is 52.3 Å². The summed E-state index contributed by atoms with van der Waals surface area (Å²) >= 11 is 3.52. The molecule has 1 N–H and O–H groups in total. The van der Waals surface area contributed by atoms with Crippen LogP contribution in [0, 0.1) is 0 Å². The van der Waals surface area contributed by atoms with Gasteiger partial charge in [-0.1, -0.05) is 12.1 Å². The number of fused-ring (bicyclic) bond motifs is 1. The Labute approximate surface area is 162 Å². The first-order valence-electron chi connectivity index (χ1n) is 8.71. The van der Waals surface area contributed by atoms with Crippen molar-refractivity contribution in [2.24, 2.45) is 12.0 Å². The van der Waals surface area contributed by atoms with Crippen molar-refractivity contribution in [1.29, 1.82) is 0 Å². The second-order valence-corrected chi connectivity index (χ2v) is 7.29. The van der Waals surface area contributed by atoms with E-state index < -0.39 is 0 Å². The van der Waals surface area contributed by atoms with Crippen LogP contribution in [0.5, 0.6) is 0 Å². The monoisotopic (exact) mass is 416 g/mol. The predicted octanol–water partition coefficient (Wildman–Crippen LogP) is 3.23. The van der Waals surface area contributed by atoms with E-state index in [1.807, 2.05) is 25.5 Å². The predicted molar refractivity (Wildman–Crippen MR) is 110 cm³/mol. The Morgan fingerprint density at radius 1 is 1.35 bits per heavy atom. The Bertz CT molecular complexity index is 894. The number of nitrogens with one attached hydrogen (secondary N) is 1. The van der Waals surface area contributed by atoms with Gasteiger partial charge in [-0.05, 0) is 40.5 Å². The van der Waals surface area contributed by atoms with Gasteiger partial charge in [0, 0.05) is 50.6 Å². The zero-order chi connectivity index (χ0) is 18.5. The molecule has 0 spiro atoms. The summed E-state index contributed by atoms with van der Waals surface area (Å²) in [7, 11) is 5.93. The number of hydrogen-bond donors (Lipinski definition) is 1. The summed E-state index contributed by atoms with van der Waals surface area (Å²) in [4.78, 5) is 11.0. The fraction of sp³-hybridized carbons (Fsp3) is 0.368. The van der Waals surface area contributed by atoms with Gasteiger partial charge in [-0.15, -0.1) is 0 Å². The van der Waals surface area contributed by atoms with Gasteiger partial charge in [0.05, 0.1) is 23.9 Å². The lowest BCUT2D eigenvalue weighted by atomic mass is 10.3. The molecule has 7 heteroatoms. The number of halogens is 1. The molecule has 0 radical (unpaired) electrons. The molecule has 0 aliphatic rings. The number of rotatable bonds is 6. The molecule has 0 unspecified atom stereocenters. The molecule has 0 atom stereocenters. The highest BCUT2D eigenvalue weighted by atomic mass is 79.9. The van der Waals surface area contributed by atoms with Gasteiger partial charge >= 0.3 is 0 Å². The SMILES string of the molecule is CN=C(NCCCn1cnc2ccccc21)N(C)Cc1cc(Br)cn1C. The van der Waals surface area contributed by atoms with Crippen LogP contribution in [0.3, 0.4) is 0 Å². The topological polar surface area (TPSA) is 50.4 Å². The molecule has 2 aromatic heterocycles. The number of aromatic nitrogens is 3. The number of hydrogen-bond acceptors (Lipinski definition) is 2. The second kappa shape index (κ2) is 8.40. The summed E-state index contributed by atoms with van der Waals surface area (Å²) in [6, 6.07) is 10.4. The molecule has 2 heterocycles. The first kappa shape index (κ1) is 18.5. The minimum absolute atomic E-state index is 0.800. The molecule has 26 heavy (non-hydrogen) atoms. The van der Waals surface area contributed by atoms with Gasteiger partial charge in [0.1, 0.15) is 0 Å². The first-order valence-corrected chi connectivity index (χ1v) is 9.50. The van der Waals surface area contributed by atoms with Crippen LogP contribution in [0.1, 0.15) is 12.1 Å². The van der Waals surface area contributed by atoms with Crippen molar-refractivity contribution >= 4 is 32.9 Å². The number of benzene rings is 1. The Hall–Kier alpha value is -2.28. The van der Waals surface area contributed by atoms with Crippen LogP contribution in [0.25, 0.3) is 11.0 Å². The normalized spacial score (nSPS) is 11.9. The van der Waals surface area contributed by atoms with Crippen molar-refractivity contribution in [3.8, 4) is 0 Å². The third-order valence-corrected chi connectivity index (χ3v) is 4.87. The second-order valence-electron chi connectivity index (χ2n) is 6.37. The van der Waals surface area contributed by atoms with E-state index in [-0.39, 0.29) is 0 Å². The van der Waals surface area contributed by atoms with Crippen molar-refractivity contribution in [2.75, 3.05) is 20.6 Å². The van der Waals surface area contributed by atoms with Crippen molar-refractivity contribution in [2.45, 2.75) is 19.5 Å². The summed E-state index contributed by atoms with van der Waals surface area (Å²) in [6.07, 6.45) is 4.98. The molecular formula is C19H25BrN6. The minimum Gasteiger partial charge on any atom is -0.356 e. The maximum atomic E-state index is 4.44. The van der Waals surface area contributed by atoms with Gasteiger partial charge in [-0.3, -0.25) is 4.99 Å². The molecule has 0 saturated carbocycles. The van der Waals surface area contributed by atoms with E-state index in [2.05, 4.69) is 83.7 Å². The van der Waals surface area contributed by atoms with E-state index in [0.29, 0.717) is 0 Å². The zero-order valence-electron chi connectivity index (χ0n) is 15.5. The maximum Gasteiger partial charge on any atom is 0.193 e. The van der Waals surface area contributed by atoms with Gasteiger partial charge in [0.15, 0.2) is 5.96 Å². The average molecular weight is 417 g/mol. The number of aryl methyl sites for hydroxylation is 2. The molecule has 0 saturated heterocycles. The van der Waals surface area contributed by atoms with Crippen LogP contribution in [-0.2, 0) is 20.1 Å². The lowest BCUT2D eigenvalue weighted by molar-refractivity contribution is 0.459. The molecule has 6 nitrogen and oxygen atoms in total. The Morgan fingerprint density at radius 2 is 2.15 bits per heavy atom. The number of guanidine groups is 1. The third-order valence-electron chi connectivity index (χ3n) is 4.43. The van der Waals surface area contributed by atoms with Crippen molar-refractivity contribution in [3.05, 3.63) is 53.0 Å². The van der Waals surface area contributed by atoms with Gasteiger partial charge in [-0.25, -0.2) is 4.98 Å². The molecule has 3 rings (SSSR count). The van der Waals surface area contributed by atoms with E-state index >= 15 is 0 Å². The molecule has 0 aliphatic carbocycles. The van der Waals surface area contributed by atoms with Gasteiger partial charge in [-0.2, -0.15) is 0 Å². The van der Waals surface area contributed by atoms with Crippen LogP contribution >= 0.6 is 15.9 Å². The molecule has 1 aromatic carbocycles. The molecule has 3 aromatic rings. The van der Waals surface area contributed by atoms with E-state index in [1.165, 1.54) is 11.2 Å². The average Bonchev–Trinajstić information content (AvgIpc) is 3.17. The van der Waals surface area contributed by atoms with Gasteiger partial charge in [0.25, 0.3) is 0 Å². The smallest absolute Gasteiger partial charge is 0.193 e. The molecule has 0 bridgehead atoms. The van der Waals surface area contributed by atoms with Crippen LogP contribution in [0.2, 0.25) is 0 Å². The van der Waals surface area contributed by atoms with Gasteiger partial charge < -0.3 is 19.4 Å². The summed E-state index contributed by atoms with van der Waals surface area (Å²) in [5.41, 5.74) is 3.46. The number of aliphatic imine (C=N–C) groups is 1. The number of nitrogens with zero attached hydrogens (tertiary/aromatic N) is 5. The fourth-order valence-corrected chi connectivity index (χ4v) is 3.64. The minimum atomic E-state index is 0.800. The van der Waals surface area contributed by atoms with Crippen LogP contribution in [-0.4, -0.2) is 45.6 Å². The summed E-state index contributed by atoms with van der Waals surface area (Å²) < 4.78 is 5.42. The highest BCUT2D eigenvalue weighted by molar-refractivity contribution is 9.10. The molecule has 0 fully saturated rings. The third kappa shape index (κ3) is 4.27. The van der Waals surface area contributed by atoms with E-state index in [4.69, 9.17) is 0 Å².